The maximum absolute atomic E-state index is 12.5. The molecule has 7 nitrogen and oxygen atoms in total. The smallest absolute Gasteiger partial charge is 0.408 e. The van der Waals surface area contributed by atoms with E-state index in [2.05, 4.69) is 35.6 Å². The number of hydrogen-bond donors (Lipinski definition) is 1. The Balaban J connectivity index is 1.44. The van der Waals surface area contributed by atoms with E-state index >= 15 is 0 Å². The topological polar surface area (TPSA) is 80.8 Å². The third-order valence-corrected chi connectivity index (χ3v) is 6.98. The maximum atomic E-state index is 12.5. The van der Waals surface area contributed by atoms with Gasteiger partial charge in [0.25, 0.3) is 5.91 Å². The molecule has 180 valence electrons. The molecule has 2 heterocycles. The molecule has 7 heteroatoms. The van der Waals surface area contributed by atoms with Crippen molar-refractivity contribution < 1.29 is 19.1 Å². The van der Waals surface area contributed by atoms with Crippen molar-refractivity contribution >= 4 is 17.7 Å². The summed E-state index contributed by atoms with van der Waals surface area (Å²) >= 11 is 0. The van der Waals surface area contributed by atoms with Gasteiger partial charge in [-0.2, -0.15) is 0 Å². The van der Waals surface area contributed by atoms with Crippen LogP contribution in [0.2, 0.25) is 0 Å². The molecule has 5 rings (SSSR count). The van der Waals surface area contributed by atoms with E-state index in [4.69, 9.17) is 14.5 Å². The Labute approximate surface area is 200 Å². The van der Waals surface area contributed by atoms with Crippen LogP contribution < -0.4 is 15.0 Å². The molecule has 0 saturated heterocycles. The number of likely N-dealkylation sites (N-methyl/N-ethyl adjacent to an activating group) is 1. The minimum Gasteiger partial charge on any atom is -0.466 e. The summed E-state index contributed by atoms with van der Waals surface area (Å²) in [5.74, 6) is 1.12. The fourth-order valence-electron chi connectivity index (χ4n) is 4.73. The van der Waals surface area contributed by atoms with Gasteiger partial charge in [-0.3, -0.25) is 4.79 Å². The molecule has 2 aliphatic carbocycles. The number of pyridine rings is 1. The third-order valence-electron chi connectivity index (χ3n) is 6.98. The van der Waals surface area contributed by atoms with Gasteiger partial charge in [-0.05, 0) is 82.4 Å². The first kappa shape index (κ1) is 22.7. The average molecular weight is 464 g/mol. The molecule has 34 heavy (non-hydrogen) atoms. The summed E-state index contributed by atoms with van der Waals surface area (Å²) in [6.45, 7) is 5.63. The number of carbonyl (C=O) groups is 2. The van der Waals surface area contributed by atoms with Crippen LogP contribution in [0.5, 0.6) is 5.88 Å². The molecular weight excluding hydrogens is 430 g/mol. The molecule has 2 fully saturated rings. The van der Waals surface area contributed by atoms with Crippen LogP contribution in [0.15, 0.2) is 30.3 Å². The number of fused-ring (bicyclic) bond motifs is 1. The fourth-order valence-corrected chi connectivity index (χ4v) is 4.73. The van der Waals surface area contributed by atoms with E-state index in [0.29, 0.717) is 11.8 Å². The van der Waals surface area contributed by atoms with Crippen molar-refractivity contribution in [3.05, 3.63) is 41.5 Å². The standard InChI is InChI=1S/C27H33N3O4/c1-26(2,3)34-25(32)29-27(12-5-13-27)20-10-8-18(9-11-20)23-19(14-17-6-7-17)15-21-24(28-23)33-16-22(31)30(21)4/h8-11,15,17H,5-7,12-14,16H2,1-4H3,(H,29,32). The van der Waals surface area contributed by atoms with Crippen molar-refractivity contribution in [3.8, 4) is 17.1 Å². The number of anilines is 1. The summed E-state index contributed by atoms with van der Waals surface area (Å²) in [4.78, 5) is 31.1. The van der Waals surface area contributed by atoms with Crippen molar-refractivity contribution in [3.63, 3.8) is 0 Å². The van der Waals surface area contributed by atoms with Crippen LogP contribution in [0.3, 0.4) is 0 Å². The monoisotopic (exact) mass is 463 g/mol. The van der Waals surface area contributed by atoms with Crippen molar-refractivity contribution in [1.29, 1.82) is 0 Å². The van der Waals surface area contributed by atoms with Gasteiger partial charge in [-0.15, -0.1) is 0 Å². The normalized spacial score (nSPS) is 19.1. The summed E-state index contributed by atoms with van der Waals surface area (Å²) in [7, 11) is 1.77. The van der Waals surface area contributed by atoms with E-state index < -0.39 is 5.60 Å². The van der Waals surface area contributed by atoms with Crippen molar-refractivity contribution in [2.75, 3.05) is 18.6 Å². The highest BCUT2D eigenvalue weighted by atomic mass is 16.6. The molecule has 2 amide bonds. The molecule has 1 aromatic heterocycles. The number of alkyl carbamates (subject to hydrolysis) is 1. The van der Waals surface area contributed by atoms with Crippen molar-refractivity contribution in [2.45, 2.75) is 70.4 Å². The molecule has 0 spiro atoms. The summed E-state index contributed by atoms with van der Waals surface area (Å²) in [6.07, 6.45) is 5.89. The number of carbonyl (C=O) groups excluding carboxylic acids is 2. The van der Waals surface area contributed by atoms with Gasteiger partial charge in [0.1, 0.15) is 11.3 Å². The number of nitrogens with one attached hydrogen (secondary N) is 1. The Kier molecular flexibility index (Phi) is 5.53. The molecule has 0 unspecified atom stereocenters. The van der Waals surface area contributed by atoms with Gasteiger partial charge in [0.2, 0.25) is 5.88 Å². The molecule has 1 aliphatic heterocycles. The van der Waals surface area contributed by atoms with Crippen LogP contribution in [0.4, 0.5) is 10.5 Å². The maximum Gasteiger partial charge on any atom is 0.408 e. The Morgan fingerprint density at radius 3 is 2.53 bits per heavy atom. The van der Waals surface area contributed by atoms with Gasteiger partial charge in [-0.1, -0.05) is 24.3 Å². The van der Waals surface area contributed by atoms with Gasteiger partial charge < -0.3 is 19.7 Å². The van der Waals surface area contributed by atoms with E-state index in [0.717, 1.165) is 53.8 Å². The molecule has 2 saturated carbocycles. The van der Waals surface area contributed by atoms with Gasteiger partial charge in [0.05, 0.1) is 11.2 Å². The van der Waals surface area contributed by atoms with E-state index in [1.807, 2.05) is 20.8 Å². The first-order valence-corrected chi connectivity index (χ1v) is 12.2. The van der Waals surface area contributed by atoms with E-state index in [1.165, 1.54) is 12.8 Å². The van der Waals surface area contributed by atoms with E-state index in [9.17, 15) is 9.59 Å². The van der Waals surface area contributed by atoms with Gasteiger partial charge in [0, 0.05) is 12.6 Å². The number of amides is 2. The second-order valence-electron chi connectivity index (χ2n) is 10.8. The Morgan fingerprint density at radius 1 is 1.24 bits per heavy atom. The van der Waals surface area contributed by atoms with Crippen LogP contribution in [0.25, 0.3) is 11.3 Å². The Morgan fingerprint density at radius 2 is 1.94 bits per heavy atom. The summed E-state index contributed by atoms with van der Waals surface area (Å²) in [5, 5.41) is 3.12. The predicted octanol–water partition coefficient (Wildman–Crippen LogP) is 4.96. The second kappa shape index (κ2) is 8.29. The van der Waals surface area contributed by atoms with Crippen LogP contribution in [-0.4, -0.2) is 36.2 Å². The lowest BCUT2D eigenvalue weighted by atomic mass is 9.71. The average Bonchev–Trinajstić information content (AvgIpc) is 3.56. The quantitative estimate of drug-likeness (QED) is 0.678. The summed E-state index contributed by atoms with van der Waals surface area (Å²) < 4.78 is 11.2. The first-order chi connectivity index (χ1) is 16.1. The van der Waals surface area contributed by atoms with E-state index in [1.54, 1.807) is 11.9 Å². The number of benzene rings is 1. The number of rotatable bonds is 5. The van der Waals surface area contributed by atoms with Crippen LogP contribution >= 0.6 is 0 Å². The summed E-state index contributed by atoms with van der Waals surface area (Å²) in [5.41, 5.74) is 3.96. The second-order valence-corrected chi connectivity index (χ2v) is 10.8. The lowest BCUT2D eigenvalue weighted by Gasteiger charge is -2.43. The molecule has 1 N–H and O–H groups in total. The Bertz CT molecular complexity index is 1110. The number of hydrogen-bond acceptors (Lipinski definition) is 5. The Hall–Kier alpha value is -3.09. The van der Waals surface area contributed by atoms with E-state index in [-0.39, 0.29) is 24.1 Å². The van der Waals surface area contributed by atoms with Gasteiger partial charge in [-0.25, -0.2) is 9.78 Å². The molecule has 2 aromatic rings. The lowest BCUT2D eigenvalue weighted by molar-refractivity contribution is -0.121. The molecule has 1 aromatic carbocycles. The highest BCUT2D eigenvalue weighted by Gasteiger charge is 2.41. The summed E-state index contributed by atoms with van der Waals surface area (Å²) in [6, 6.07) is 10.4. The highest BCUT2D eigenvalue weighted by Crippen LogP contribution is 2.43. The van der Waals surface area contributed by atoms with Crippen molar-refractivity contribution in [2.24, 2.45) is 5.92 Å². The fraction of sp³-hybridized carbons (Fsp3) is 0.519. The number of ether oxygens (including phenoxy) is 2. The van der Waals surface area contributed by atoms with Crippen molar-refractivity contribution in [1.82, 2.24) is 10.3 Å². The third kappa shape index (κ3) is 4.48. The molecule has 0 bridgehead atoms. The van der Waals surface area contributed by atoms with Crippen LogP contribution in [0.1, 0.15) is 64.0 Å². The molecular formula is C27H33N3O4. The van der Waals surface area contributed by atoms with Gasteiger partial charge >= 0.3 is 6.09 Å². The molecule has 3 aliphatic rings. The zero-order valence-corrected chi connectivity index (χ0v) is 20.4. The number of aromatic nitrogens is 1. The highest BCUT2D eigenvalue weighted by molar-refractivity contribution is 5.97. The largest absolute Gasteiger partial charge is 0.466 e. The molecule has 0 radical (unpaired) electrons. The molecule has 0 atom stereocenters. The zero-order valence-electron chi connectivity index (χ0n) is 20.4. The SMILES string of the molecule is CN1C(=O)COc2nc(-c3ccc(C4(NC(=O)OC(C)(C)C)CCC4)cc3)c(CC3CC3)cc21. The number of nitrogens with zero attached hydrogens (tertiary/aromatic N) is 2. The lowest BCUT2D eigenvalue weighted by Crippen LogP contribution is -2.52. The minimum absolute atomic E-state index is 0.00963. The van der Waals surface area contributed by atoms with Crippen LogP contribution in [-0.2, 0) is 21.5 Å². The first-order valence-electron chi connectivity index (χ1n) is 12.2. The zero-order chi connectivity index (χ0) is 24.1. The minimum atomic E-state index is -0.532. The van der Waals surface area contributed by atoms with Gasteiger partial charge in [0.15, 0.2) is 6.61 Å². The van der Waals surface area contributed by atoms with Crippen LogP contribution in [0, 0.1) is 5.92 Å². The predicted molar refractivity (Wildman–Crippen MR) is 130 cm³/mol.